The lowest BCUT2D eigenvalue weighted by Crippen LogP contribution is -2.31. The van der Waals surface area contributed by atoms with E-state index >= 15 is 0 Å². The van der Waals surface area contributed by atoms with Crippen LogP contribution >= 0.6 is 0 Å². The Kier molecular flexibility index (Phi) is 4.80. The third-order valence-corrected chi connectivity index (χ3v) is 2.14. The molecule has 0 aliphatic heterocycles. The first kappa shape index (κ1) is 13.0. The van der Waals surface area contributed by atoms with Gasteiger partial charge in [-0.15, -0.1) is 0 Å². The SMILES string of the molecule is CC(C)CN(CC(C)C)c1nc(CO)co1. The van der Waals surface area contributed by atoms with Gasteiger partial charge in [-0.05, 0) is 11.8 Å². The summed E-state index contributed by atoms with van der Waals surface area (Å²) in [7, 11) is 0. The van der Waals surface area contributed by atoms with Crippen LogP contribution in [0.1, 0.15) is 33.4 Å². The van der Waals surface area contributed by atoms with E-state index < -0.39 is 0 Å². The molecule has 92 valence electrons. The number of oxazole rings is 1. The van der Waals surface area contributed by atoms with Gasteiger partial charge in [0.1, 0.15) is 12.0 Å². The lowest BCUT2D eigenvalue weighted by Gasteiger charge is -2.24. The summed E-state index contributed by atoms with van der Waals surface area (Å²) >= 11 is 0. The summed E-state index contributed by atoms with van der Waals surface area (Å²) in [5.74, 6) is 1.12. The number of hydrogen-bond donors (Lipinski definition) is 1. The molecule has 1 N–H and O–H groups in total. The fraction of sp³-hybridized carbons (Fsp3) is 0.750. The van der Waals surface area contributed by atoms with Gasteiger partial charge in [-0.3, -0.25) is 0 Å². The van der Waals surface area contributed by atoms with Gasteiger partial charge in [-0.1, -0.05) is 27.7 Å². The molecule has 4 nitrogen and oxygen atoms in total. The molecule has 1 heterocycles. The molecule has 0 radical (unpaired) electrons. The maximum Gasteiger partial charge on any atom is 0.297 e. The van der Waals surface area contributed by atoms with Crippen LogP contribution in [-0.4, -0.2) is 23.2 Å². The Bertz CT molecular complexity index is 298. The van der Waals surface area contributed by atoms with E-state index in [1.807, 2.05) is 0 Å². The van der Waals surface area contributed by atoms with E-state index in [1.165, 1.54) is 6.26 Å². The van der Waals surface area contributed by atoms with Crippen molar-refractivity contribution in [2.24, 2.45) is 11.8 Å². The minimum Gasteiger partial charge on any atom is -0.432 e. The maximum atomic E-state index is 8.96. The van der Waals surface area contributed by atoms with Gasteiger partial charge >= 0.3 is 0 Å². The summed E-state index contributed by atoms with van der Waals surface area (Å²) in [6.45, 7) is 10.5. The molecule has 1 aromatic rings. The van der Waals surface area contributed by atoms with E-state index in [4.69, 9.17) is 9.52 Å². The summed E-state index contributed by atoms with van der Waals surface area (Å²) in [4.78, 5) is 6.38. The minimum atomic E-state index is -0.0688. The van der Waals surface area contributed by atoms with E-state index in [9.17, 15) is 0 Å². The summed E-state index contributed by atoms with van der Waals surface area (Å²) in [5, 5.41) is 8.96. The lowest BCUT2D eigenvalue weighted by molar-refractivity contribution is 0.276. The molecule has 0 spiro atoms. The van der Waals surface area contributed by atoms with Crippen molar-refractivity contribution < 1.29 is 9.52 Å². The second-order valence-electron chi connectivity index (χ2n) is 4.97. The van der Waals surface area contributed by atoms with Gasteiger partial charge in [0.15, 0.2) is 0 Å². The molecule has 0 atom stereocenters. The van der Waals surface area contributed by atoms with Crippen LogP contribution in [0.25, 0.3) is 0 Å². The highest BCUT2D eigenvalue weighted by Gasteiger charge is 2.15. The van der Waals surface area contributed by atoms with E-state index in [2.05, 4.69) is 37.6 Å². The summed E-state index contributed by atoms with van der Waals surface area (Å²) in [6, 6.07) is 0.617. The lowest BCUT2D eigenvalue weighted by atomic mass is 10.1. The Morgan fingerprint density at radius 2 is 1.81 bits per heavy atom. The number of aliphatic hydroxyl groups excluding tert-OH is 1. The molecule has 0 aliphatic carbocycles. The molecule has 1 aromatic heterocycles. The Hall–Kier alpha value is -1.03. The van der Waals surface area contributed by atoms with Crippen molar-refractivity contribution in [3.05, 3.63) is 12.0 Å². The van der Waals surface area contributed by atoms with Crippen molar-refractivity contribution in [3.8, 4) is 0 Å². The van der Waals surface area contributed by atoms with Gasteiger partial charge in [-0.2, -0.15) is 4.98 Å². The number of aliphatic hydroxyl groups is 1. The normalized spacial score (nSPS) is 11.4. The second-order valence-corrected chi connectivity index (χ2v) is 4.97. The standard InChI is InChI=1S/C12H22N2O2/c1-9(2)5-14(6-10(3)4)12-13-11(7-15)8-16-12/h8-10,15H,5-7H2,1-4H3. The molecular formula is C12H22N2O2. The van der Waals surface area contributed by atoms with Crippen LogP contribution in [0, 0.1) is 11.8 Å². The van der Waals surface area contributed by atoms with Crippen LogP contribution in [0.15, 0.2) is 10.7 Å². The smallest absolute Gasteiger partial charge is 0.297 e. The molecule has 0 unspecified atom stereocenters. The van der Waals surface area contributed by atoms with Crippen LogP contribution < -0.4 is 4.90 Å². The van der Waals surface area contributed by atoms with Gasteiger partial charge in [0.05, 0.1) is 6.61 Å². The van der Waals surface area contributed by atoms with Crippen molar-refractivity contribution in [3.63, 3.8) is 0 Å². The molecule has 4 heteroatoms. The first-order valence-electron chi connectivity index (χ1n) is 5.83. The highest BCUT2D eigenvalue weighted by molar-refractivity contribution is 5.26. The first-order valence-corrected chi connectivity index (χ1v) is 5.83. The molecule has 1 rings (SSSR count). The van der Waals surface area contributed by atoms with Crippen LogP contribution in [0.4, 0.5) is 6.01 Å². The quantitative estimate of drug-likeness (QED) is 0.808. The molecule has 0 saturated heterocycles. The van der Waals surface area contributed by atoms with Gasteiger partial charge in [0.25, 0.3) is 6.01 Å². The molecule has 16 heavy (non-hydrogen) atoms. The zero-order valence-corrected chi connectivity index (χ0v) is 10.6. The highest BCUT2D eigenvalue weighted by atomic mass is 16.4. The number of nitrogens with zero attached hydrogens (tertiary/aromatic N) is 2. The molecule has 0 aromatic carbocycles. The number of anilines is 1. The molecule has 0 saturated carbocycles. The van der Waals surface area contributed by atoms with Crippen LogP contribution in [0.5, 0.6) is 0 Å². The Labute approximate surface area is 97.3 Å². The van der Waals surface area contributed by atoms with E-state index in [1.54, 1.807) is 0 Å². The summed E-state index contributed by atoms with van der Waals surface area (Å²) < 4.78 is 5.37. The third-order valence-electron chi connectivity index (χ3n) is 2.14. The zero-order chi connectivity index (χ0) is 12.1. The van der Waals surface area contributed by atoms with Gasteiger partial charge < -0.3 is 14.4 Å². The van der Waals surface area contributed by atoms with E-state index in [0.717, 1.165) is 13.1 Å². The first-order chi connectivity index (χ1) is 7.52. The van der Waals surface area contributed by atoms with Gasteiger partial charge in [-0.25, -0.2) is 0 Å². The number of rotatable bonds is 6. The molecule has 0 amide bonds. The fourth-order valence-corrected chi connectivity index (χ4v) is 1.63. The largest absolute Gasteiger partial charge is 0.432 e. The van der Waals surface area contributed by atoms with Crippen molar-refractivity contribution in [1.29, 1.82) is 0 Å². The average molecular weight is 226 g/mol. The van der Waals surface area contributed by atoms with E-state index in [0.29, 0.717) is 23.5 Å². The number of aromatic nitrogens is 1. The van der Waals surface area contributed by atoms with Crippen molar-refractivity contribution in [2.45, 2.75) is 34.3 Å². The predicted octanol–water partition coefficient (Wildman–Crippen LogP) is 2.29. The van der Waals surface area contributed by atoms with Crippen molar-refractivity contribution >= 4 is 6.01 Å². The summed E-state index contributed by atoms with van der Waals surface area (Å²) in [6.07, 6.45) is 1.52. The maximum absolute atomic E-state index is 8.96. The highest BCUT2D eigenvalue weighted by Crippen LogP contribution is 2.17. The predicted molar refractivity (Wildman–Crippen MR) is 64.3 cm³/mol. The molecular weight excluding hydrogens is 204 g/mol. The van der Waals surface area contributed by atoms with Gasteiger partial charge in [0.2, 0.25) is 0 Å². The van der Waals surface area contributed by atoms with Crippen molar-refractivity contribution in [1.82, 2.24) is 4.98 Å². The monoisotopic (exact) mass is 226 g/mol. The Morgan fingerprint density at radius 1 is 1.25 bits per heavy atom. The van der Waals surface area contributed by atoms with Crippen LogP contribution in [0.3, 0.4) is 0 Å². The average Bonchev–Trinajstić information content (AvgIpc) is 2.63. The number of hydrogen-bond acceptors (Lipinski definition) is 4. The molecule has 0 fully saturated rings. The molecule has 0 bridgehead atoms. The van der Waals surface area contributed by atoms with E-state index in [-0.39, 0.29) is 6.61 Å². The third kappa shape index (κ3) is 3.85. The fourth-order valence-electron chi connectivity index (χ4n) is 1.63. The van der Waals surface area contributed by atoms with Crippen LogP contribution in [0.2, 0.25) is 0 Å². The minimum absolute atomic E-state index is 0.0688. The summed E-state index contributed by atoms with van der Waals surface area (Å²) in [5.41, 5.74) is 0.590. The van der Waals surface area contributed by atoms with Crippen molar-refractivity contribution in [2.75, 3.05) is 18.0 Å². The second kappa shape index (κ2) is 5.89. The molecule has 0 aliphatic rings. The van der Waals surface area contributed by atoms with Crippen LogP contribution in [-0.2, 0) is 6.61 Å². The Morgan fingerprint density at radius 3 is 2.19 bits per heavy atom. The zero-order valence-electron chi connectivity index (χ0n) is 10.6. The van der Waals surface area contributed by atoms with Gasteiger partial charge in [0, 0.05) is 13.1 Å². The topological polar surface area (TPSA) is 49.5 Å². The Balaban J connectivity index is 2.74.